The summed E-state index contributed by atoms with van der Waals surface area (Å²) < 4.78 is 1.77. The largest absolute Gasteiger partial charge is 0.377 e. The molecule has 0 fully saturated rings. The van der Waals surface area contributed by atoms with Gasteiger partial charge >= 0.3 is 0 Å². The molecule has 0 bridgehead atoms. The Morgan fingerprint density at radius 3 is 2.52 bits per heavy atom. The highest BCUT2D eigenvalue weighted by Crippen LogP contribution is 2.24. The van der Waals surface area contributed by atoms with Crippen LogP contribution in [-0.2, 0) is 0 Å². The molecule has 2 aromatic carbocycles. The van der Waals surface area contributed by atoms with E-state index in [-0.39, 0.29) is 6.04 Å². The van der Waals surface area contributed by atoms with E-state index < -0.39 is 0 Å². The summed E-state index contributed by atoms with van der Waals surface area (Å²) in [5.74, 6) is 0. The fourth-order valence-corrected chi connectivity index (χ4v) is 2.30. The molecule has 4 nitrogen and oxygen atoms in total. The number of anilines is 1. The Labute approximate surface area is 124 Å². The molecule has 1 aromatic heterocycles. The summed E-state index contributed by atoms with van der Waals surface area (Å²) >= 11 is 0. The van der Waals surface area contributed by atoms with Gasteiger partial charge in [-0.2, -0.15) is 5.10 Å². The monoisotopic (exact) mass is 278 g/mol. The zero-order valence-electron chi connectivity index (χ0n) is 12.2. The van der Waals surface area contributed by atoms with Gasteiger partial charge in [0.1, 0.15) is 12.7 Å². The molecular weight excluding hydrogens is 260 g/mol. The number of aromatic nitrogens is 3. The number of hydrogen-bond donors (Lipinski definition) is 1. The lowest BCUT2D eigenvalue weighted by Crippen LogP contribution is -2.09. The number of benzene rings is 2. The first kappa shape index (κ1) is 13.4. The second kappa shape index (κ2) is 5.79. The molecule has 0 aliphatic carbocycles. The minimum Gasteiger partial charge on any atom is -0.377 e. The minimum absolute atomic E-state index is 0.218. The maximum Gasteiger partial charge on any atom is 0.138 e. The summed E-state index contributed by atoms with van der Waals surface area (Å²) in [6, 6.07) is 16.9. The highest BCUT2D eigenvalue weighted by molar-refractivity contribution is 5.61. The Balaban J connectivity index is 1.86. The van der Waals surface area contributed by atoms with E-state index >= 15 is 0 Å². The van der Waals surface area contributed by atoms with Crippen molar-refractivity contribution in [1.82, 2.24) is 14.8 Å². The van der Waals surface area contributed by atoms with Gasteiger partial charge in [0.25, 0.3) is 0 Å². The van der Waals surface area contributed by atoms with Gasteiger partial charge in [-0.25, -0.2) is 9.67 Å². The first-order chi connectivity index (χ1) is 10.2. The SMILES string of the molecule is Cc1ccc(C(C)Nc2ccccc2-n2cncn2)cc1. The fourth-order valence-electron chi connectivity index (χ4n) is 2.30. The molecule has 1 unspecified atom stereocenters. The standard InChI is InChI=1S/C17H18N4/c1-13-7-9-15(10-8-13)14(2)20-16-5-3-4-6-17(16)21-12-18-11-19-21/h3-12,14,20H,1-2H3. The quantitative estimate of drug-likeness (QED) is 0.790. The Bertz CT molecular complexity index is 702. The summed E-state index contributed by atoms with van der Waals surface area (Å²) in [6.45, 7) is 4.25. The van der Waals surface area contributed by atoms with Crippen LogP contribution in [0.25, 0.3) is 5.69 Å². The topological polar surface area (TPSA) is 42.7 Å². The van der Waals surface area contributed by atoms with Crippen molar-refractivity contribution in [3.8, 4) is 5.69 Å². The molecule has 0 aliphatic heterocycles. The van der Waals surface area contributed by atoms with E-state index in [1.807, 2.05) is 18.2 Å². The molecule has 0 saturated heterocycles. The van der Waals surface area contributed by atoms with Crippen LogP contribution in [0, 0.1) is 6.92 Å². The summed E-state index contributed by atoms with van der Waals surface area (Å²) in [5.41, 5.74) is 4.56. The molecule has 0 amide bonds. The zero-order chi connectivity index (χ0) is 14.7. The van der Waals surface area contributed by atoms with Gasteiger partial charge in [0.15, 0.2) is 0 Å². The van der Waals surface area contributed by atoms with Gasteiger partial charge in [0.05, 0.1) is 11.4 Å². The maximum absolute atomic E-state index is 4.20. The van der Waals surface area contributed by atoms with Crippen LogP contribution in [0.15, 0.2) is 61.2 Å². The summed E-state index contributed by atoms with van der Waals surface area (Å²) in [6.07, 6.45) is 3.25. The van der Waals surface area contributed by atoms with Crippen molar-refractivity contribution in [1.29, 1.82) is 0 Å². The molecule has 0 aliphatic rings. The van der Waals surface area contributed by atoms with Gasteiger partial charge in [-0.05, 0) is 31.5 Å². The van der Waals surface area contributed by atoms with E-state index in [0.717, 1.165) is 11.4 Å². The lowest BCUT2D eigenvalue weighted by atomic mass is 10.1. The summed E-state index contributed by atoms with van der Waals surface area (Å²) in [5, 5.41) is 7.75. The number of para-hydroxylation sites is 2. The Kier molecular flexibility index (Phi) is 3.69. The van der Waals surface area contributed by atoms with Crippen LogP contribution in [0.1, 0.15) is 24.1 Å². The molecule has 3 rings (SSSR count). The average molecular weight is 278 g/mol. The van der Waals surface area contributed by atoms with Crippen molar-refractivity contribution in [2.75, 3.05) is 5.32 Å². The Hall–Kier alpha value is -2.62. The van der Waals surface area contributed by atoms with Gasteiger partial charge in [-0.1, -0.05) is 42.0 Å². The van der Waals surface area contributed by atoms with Crippen molar-refractivity contribution in [3.63, 3.8) is 0 Å². The van der Waals surface area contributed by atoms with Gasteiger partial charge < -0.3 is 5.32 Å². The first-order valence-corrected chi connectivity index (χ1v) is 7.01. The van der Waals surface area contributed by atoms with Gasteiger partial charge in [0.2, 0.25) is 0 Å². The Morgan fingerprint density at radius 1 is 1.05 bits per heavy atom. The molecule has 3 aromatic rings. The number of rotatable bonds is 4. The van der Waals surface area contributed by atoms with E-state index in [2.05, 4.69) is 59.6 Å². The molecular formula is C17H18N4. The summed E-state index contributed by atoms with van der Waals surface area (Å²) in [7, 11) is 0. The molecule has 1 heterocycles. The van der Waals surface area contributed by atoms with Crippen molar-refractivity contribution < 1.29 is 0 Å². The fraction of sp³-hybridized carbons (Fsp3) is 0.176. The van der Waals surface area contributed by atoms with Crippen LogP contribution in [-0.4, -0.2) is 14.8 Å². The third-order valence-corrected chi connectivity index (χ3v) is 3.52. The highest BCUT2D eigenvalue weighted by Gasteiger charge is 2.09. The third kappa shape index (κ3) is 2.94. The molecule has 0 spiro atoms. The molecule has 1 N–H and O–H groups in total. The van der Waals surface area contributed by atoms with Crippen molar-refractivity contribution in [2.45, 2.75) is 19.9 Å². The van der Waals surface area contributed by atoms with Gasteiger partial charge in [-0.15, -0.1) is 0 Å². The molecule has 0 radical (unpaired) electrons. The van der Waals surface area contributed by atoms with Gasteiger partial charge in [0, 0.05) is 6.04 Å². The maximum atomic E-state index is 4.20. The van der Waals surface area contributed by atoms with Crippen molar-refractivity contribution >= 4 is 5.69 Å². The number of nitrogens with one attached hydrogen (secondary N) is 1. The smallest absolute Gasteiger partial charge is 0.138 e. The molecule has 0 saturated carbocycles. The van der Waals surface area contributed by atoms with E-state index in [1.54, 1.807) is 17.3 Å². The minimum atomic E-state index is 0.218. The normalized spacial score (nSPS) is 12.1. The second-order valence-corrected chi connectivity index (χ2v) is 5.13. The van der Waals surface area contributed by atoms with Crippen LogP contribution in [0.4, 0.5) is 5.69 Å². The van der Waals surface area contributed by atoms with Crippen LogP contribution in [0.5, 0.6) is 0 Å². The molecule has 1 atom stereocenters. The van der Waals surface area contributed by atoms with Crippen molar-refractivity contribution in [2.24, 2.45) is 0 Å². The number of nitrogens with zero attached hydrogens (tertiary/aromatic N) is 3. The van der Waals surface area contributed by atoms with Crippen molar-refractivity contribution in [3.05, 3.63) is 72.3 Å². The lowest BCUT2D eigenvalue weighted by Gasteiger charge is -2.18. The predicted molar refractivity (Wildman–Crippen MR) is 84.6 cm³/mol. The number of aryl methyl sites for hydroxylation is 1. The molecule has 106 valence electrons. The predicted octanol–water partition coefficient (Wildman–Crippen LogP) is 3.75. The summed E-state index contributed by atoms with van der Waals surface area (Å²) in [4.78, 5) is 4.01. The van der Waals surface area contributed by atoms with Gasteiger partial charge in [-0.3, -0.25) is 0 Å². The lowest BCUT2D eigenvalue weighted by molar-refractivity contribution is 0.852. The second-order valence-electron chi connectivity index (χ2n) is 5.13. The van der Waals surface area contributed by atoms with Crippen LogP contribution in [0.3, 0.4) is 0 Å². The van der Waals surface area contributed by atoms with E-state index in [4.69, 9.17) is 0 Å². The van der Waals surface area contributed by atoms with Crippen LogP contribution in [0.2, 0.25) is 0 Å². The molecule has 21 heavy (non-hydrogen) atoms. The highest BCUT2D eigenvalue weighted by atomic mass is 15.3. The molecule has 4 heteroatoms. The number of hydrogen-bond acceptors (Lipinski definition) is 3. The first-order valence-electron chi connectivity index (χ1n) is 7.01. The Morgan fingerprint density at radius 2 is 1.81 bits per heavy atom. The third-order valence-electron chi connectivity index (χ3n) is 3.52. The van der Waals surface area contributed by atoms with E-state index in [1.165, 1.54) is 11.1 Å². The zero-order valence-corrected chi connectivity index (χ0v) is 12.2. The van der Waals surface area contributed by atoms with Crippen LogP contribution >= 0.6 is 0 Å². The van der Waals surface area contributed by atoms with Crippen LogP contribution < -0.4 is 5.32 Å². The average Bonchev–Trinajstić information content (AvgIpc) is 3.02. The van der Waals surface area contributed by atoms with E-state index in [0.29, 0.717) is 0 Å². The van der Waals surface area contributed by atoms with E-state index in [9.17, 15) is 0 Å².